The molecule has 1 N–H and O–H groups in total. The van der Waals surface area contributed by atoms with Gasteiger partial charge in [-0.3, -0.25) is 4.90 Å². The van der Waals surface area contributed by atoms with Gasteiger partial charge in [-0.15, -0.1) is 23.7 Å². The summed E-state index contributed by atoms with van der Waals surface area (Å²) in [5.74, 6) is -0.170. The Bertz CT molecular complexity index is 535. The van der Waals surface area contributed by atoms with Crippen molar-refractivity contribution in [3.8, 4) is 0 Å². The second-order valence-corrected chi connectivity index (χ2v) is 5.44. The van der Waals surface area contributed by atoms with Crippen LogP contribution in [0.1, 0.15) is 17.3 Å². The Kier molecular flexibility index (Phi) is 5.48. The summed E-state index contributed by atoms with van der Waals surface area (Å²) in [7, 11) is 0. The molecule has 1 atom stereocenters. The van der Waals surface area contributed by atoms with Crippen LogP contribution in [0.15, 0.2) is 35.2 Å². The van der Waals surface area contributed by atoms with Crippen LogP contribution in [-0.2, 0) is 6.54 Å². The number of aromatic nitrogens is 1. The number of thiazole rings is 1. The molecule has 6 heteroatoms. The molecule has 2 aromatic rings. The first-order valence-corrected chi connectivity index (χ1v) is 7.34. The van der Waals surface area contributed by atoms with Crippen LogP contribution in [0.4, 0.5) is 4.39 Å². The summed E-state index contributed by atoms with van der Waals surface area (Å²) in [4.78, 5) is 6.70. The molecule has 0 radical (unpaired) electrons. The molecule has 3 nitrogen and oxygen atoms in total. The van der Waals surface area contributed by atoms with Crippen molar-refractivity contribution in [2.75, 3.05) is 19.6 Å². The number of hydrogen-bond donors (Lipinski definition) is 1. The van der Waals surface area contributed by atoms with Gasteiger partial charge in [0.1, 0.15) is 5.82 Å². The fourth-order valence-electron chi connectivity index (χ4n) is 2.50. The van der Waals surface area contributed by atoms with E-state index in [-0.39, 0.29) is 24.3 Å². The van der Waals surface area contributed by atoms with Crippen LogP contribution >= 0.6 is 23.7 Å². The fraction of sp³-hybridized carbons (Fsp3) is 0.357. The van der Waals surface area contributed by atoms with E-state index in [1.807, 2.05) is 11.6 Å². The molecular weight excluding hydrogens is 297 g/mol. The Morgan fingerprint density at radius 3 is 3.10 bits per heavy atom. The van der Waals surface area contributed by atoms with Gasteiger partial charge in [0.15, 0.2) is 0 Å². The average Bonchev–Trinajstić information content (AvgIpc) is 2.92. The van der Waals surface area contributed by atoms with Crippen LogP contribution in [-0.4, -0.2) is 29.5 Å². The van der Waals surface area contributed by atoms with Gasteiger partial charge in [-0.05, 0) is 17.7 Å². The maximum absolute atomic E-state index is 13.4. The van der Waals surface area contributed by atoms with Gasteiger partial charge in [0.25, 0.3) is 0 Å². The first-order valence-electron chi connectivity index (χ1n) is 6.40. The fourth-order valence-corrected chi connectivity index (χ4v) is 3.05. The normalized spacial score (nSPS) is 19.6. The Balaban J connectivity index is 0.00000147. The van der Waals surface area contributed by atoms with Gasteiger partial charge in [-0.2, -0.15) is 0 Å². The van der Waals surface area contributed by atoms with Crippen LogP contribution in [0.2, 0.25) is 0 Å². The molecule has 1 aliphatic heterocycles. The van der Waals surface area contributed by atoms with Crippen molar-refractivity contribution in [2.24, 2.45) is 0 Å². The standard InChI is InChI=1S/C14H16FN3S.ClH/c15-12-3-1-2-11(6-12)14-7-16-4-5-18(14)8-13-9-19-10-17-13;/h1-3,6,9-10,14,16H,4-5,7-8H2;1H. The Labute approximate surface area is 128 Å². The van der Waals surface area contributed by atoms with Crippen molar-refractivity contribution < 1.29 is 4.39 Å². The number of nitrogens with zero attached hydrogens (tertiary/aromatic N) is 2. The largest absolute Gasteiger partial charge is 0.314 e. The highest BCUT2D eigenvalue weighted by Crippen LogP contribution is 2.24. The minimum atomic E-state index is -0.170. The predicted molar refractivity (Wildman–Crippen MR) is 81.8 cm³/mol. The lowest BCUT2D eigenvalue weighted by atomic mass is 10.0. The van der Waals surface area contributed by atoms with Gasteiger partial charge in [-0.25, -0.2) is 9.37 Å². The van der Waals surface area contributed by atoms with E-state index in [1.165, 1.54) is 6.07 Å². The first kappa shape index (κ1) is 15.4. The Morgan fingerprint density at radius 2 is 2.35 bits per heavy atom. The number of hydrogen-bond acceptors (Lipinski definition) is 4. The lowest BCUT2D eigenvalue weighted by Crippen LogP contribution is -2.45. The van der Waals surface area contributed by atoms with Gasteiger partial charge in [0.05, 0.1) is 11.2 Å². The van der Waals surface area contributed by atoms with Crippen molar-refractivity contribution in [2.45, 2.75) is 12.6 Å². The SMILES string of the molecule is Cl.Fc1cccc(C2CNCCN2Cc2cscn2)c1. The minimum Gasteiger partial charge on any atom is -0.314 e. The van der Waals surface area contributed by atoms with E-state index >= 15 is 0 Å². The summed E-state index contributed by atoms with van der Waals surface area (Å²) in [5, 5.41) is 5.45. The molecule has 1 aliphatic rings. The second-order valence-electron chi connectivity index (χ2n) is 4.73. The van der Waals surface area contributed by atoms with E-state index in [0.29, 0.717) is 0 Å². The maximum Gasteiger partial charge on any atom is 0.123 e. The number of nitrogens with one attached hydrogen (secondary N) is 1. The quantitative estimate of drug-likeness (QED) is 0.944. The maximum atomic E-state index is 13.4. The molecule has 2 heterocycles. The van der Waals surface area contributed by atoms with E-state index < -0.39 is 0 Å². The van der Waals surface area contributed by atoms with Crippen molar-refractivity contribution in [3.63, 3.8) is 0 Å². The molecule has 0 aliphatic carbocycles. The van der Waals surface area contributed by atoms with Gasteiger partial charge in [-0.1, -0.05) is 12.1 Å². The number of benzene rings is 1. The summed E-state index contributed by atoms with van der Waals surface area (Å²) < 4.78 is 13.4. The molecule has 3 rings (SSSR count). The second kappa shape index (κ2) is 7.13. The molecular formula is C14H17ClFN3S. The third-order valence-electron chi connectivity index (χ3n) is 3.44. The minimum absolute atomic E-state index is 0. The lowest BCUT2D eigenvalue weighted by molar-refractivity contribution is 0.152. The first-order chi connectivity index (χ1) is 9.33. The van der Waals surface area contributed by atoms with Crippen molar-refractivity contribution in [1.82, 2.24) is 15.2 Å². The summed E-state index contributed by atoms with van der Waals surface area (Å²) in [6, 6.07) is 7.11. The van der Waals surface area contributed by atoms with Crippen LogP contribution in [0.5, 0.6) is 0 Å². The highest BCUT2D eigenvalue weighted by Gasteiger charge is 2.24. The van der Waals surface area contributed by atoms with Gasteiger partial charge in [0.2, 0.25) is 0 Å². The molecule has 1 fully saturated rings. The zero-order valence-electron chi connectivity index (χ0n) is 11.0. The predicted octanol–water partition coefficient (Wildman–Crippen LogP) is 2.85. The van der Waals surface area contributed by atoms with Gasteiger partial charge in [0, 0.05) is 37.6 Å². The molecule has 108 valence electrons. The summed E-state index contributed by atoms with van der Waals surface area (Å²) >= 11 is 1.61. The molecule has 1 saturated heterocycles. The van der Waals surface area contributed by atoms with E-state index in [1.54, 1.807) is 23.5 Å². The number of rotatable bonds is 3. The van der Waals surface area contributed by atoms with Crippen molar-refractivity contribution in [1.29, 1.82) is 0 Å². The Hall–Kier alpha value is -1.01. The third-order valence-corrected chi connectivity index (χ3v) is 4.07. The highest BCUT2D eigenvalue weighted by atomic mass is 35.5. The summed E-state index contributed by atoms with van der Waals surface area (Å²) in [6.45, 7) is 3.61. The van der Waals surface area contributed by atoms with Gasteiger partial charge >= 0.3 is 0 Å². The van der Waals surface area contributed by atoms with Gasteiger partial charge < -0.3 is 5.32 Å². The van der Waals surface area contributed by atoms with E-state index in [2.05, 4.69) is 20.6 Å². The summed E-state index contributed by atoms with van der Waals surface area (Å²) in [5.41, 5.74) is 3.98. The zero-order valence-corrected chi connectivity index (χ0v) is 12.6. The van der Waals surface area contributed by atoms with Crippen LogP contribution < -0.4 is 5.32 Å². The van der Waals surface area contributed by atoms with Crippen molar-refractivity contribution >= 4 is 23.7 Å². The lowest BCUT2D eigenvalue weighted by Gasteiger charge is -2.36. The third kappa shape index (κ3) is 3.55. The molecule has 0 spiro atoms. The topological polar surface area (TPSA) is 28.2 Å². The molecule has 1 aromatic carbocycles. The van der Waals surface area contributed by atoms with E-state index in [0.717, 1.165) is 37.4 Å². The molecule has 1 aromatic heterocycles. The monoisotopic (exact) mass is 313 g/mol. The molecule has 0 saturated carbocycles. The number of halogens is 2. The molecule has 20 heavy (non-hydrogen) atoms. The van der Waals surface area contributed by atoms with Crippen LogP contribution in [0.25, 0.3) is 0 Å². The Morgan fingerprint density at radius 1 is 1.45 bits per heavy atom. The average molecular weight is 314 g/mol. The highest BCUT2D eigenvalue weighted by molar-refractivity contribution is 7.07. The van der Waals surface area contributed by atoms with Crippen molar-refractivity contribution in [3.05, 3.63) is 52.2 Å². The van der Waals surface area contributed by atoms with E-state index in [4.69, 9.17) is 0 Å². The molecule has 0 bridgehead atoms. The smallest absolute Gasteiger partial charge is 0.123 e. The molecule has 0 amide bonds. The molecule has 1 unspecified atom stereocenters. The van der Waals surface area contributed by atoms with E-state index in [9.17, 15) is 4.39 Å². The van der Waals surface area contributed by atoms with Crippen LogP contribution in [0.3, 0.4) is 0 Å². The number of piperazine rings is 1. The van der Waals surface area contributed by atoms with Crippen LogP contribution in [0, 0.1) is 5.82 Å². The summed E-state index contributed by atoms with van der Waals surface area (Å²) in [6.07, 6.45) is 0. The zero-order chi connectivity index (χ0) is 13.1.